The van der Waals surface area contributed by atoms with Gasteiger partial charge in [0.05, 0.1) is 13.8 Å². The minimum atomic E-state index is -1.53. The summed E-state index contributed by atoms with van der Waals surface area (Å²) in [7, 11) is -1.53. The molecule has 0 aliphatic rings. The maximum atomic E-state index is 4.93. The molecule has 5 aromatic rings. The molecule has 5 rings (SSSR count). The largest absolute Gasteiger partial charge is 0.256 e. The summed E-state index contributed by atoms with van der Waals surface area (Å²) in [5.74, 6) is 0. The average Bonchev–Trinajstić information content (AvgIpc) is 3.11. The lowest BCUT2D eigenvalue weighted by molar-refractivity contribution is 1.34. The summed E-state index contributed by atoms with van der Waals surface area (Å²) < 4.78 is 2.67. The molecule has 0 atom stereocenters. The fourth-order valence-corrected chi connectivity index (χ4v) is 6.63. The molecule has 0 unspecified atom stereocenters. The molecular weight excluding hydrogens is 398 g/mol. The Morgan fingerprint density at radius 3 is 2.20 bits per heavy atom. The Balaban J connectivity index is 1.70. The number of aromatic nitrogens is 1. The number of nitrogens with zero attached hydrogens (tertiary/aromatic N) is 1. The Morgan fingerprint density at radius 2 is 1.43 bits per heavy atom. The van der Waals surface area contributed by atoms with Crippen LogP contribution in [0, 0.1) is 6.92 Å². The van der Waals surface area contributed by atoms with Crippen LogP contribution in [-0.4, -0.2) is 13.1 Å². The predicted molar refractivity (Wildman–Crippen MR) is 136 cm³/mol. The van der Waals surface area contributed by atoms with Crippen molar-refractivity contribution >= 4 is 44.8 Å². The van der Waals surface area contributed by atoms with E-state index in [0.29, 0.717) is 0 Å². The molecule has 0 saturated heterocycles. The van der Waals surface area contributed by atoms with Crippen LogP contribution in [0.4, 0.5) is 0 Å². The number of hydrogen-bond acceptors (Lipinski definition) is 2. The number of benzene rings is 3. The molecule has 2 aromatic heterocycles. The molecule has 0 bridgehead atoms. The highest BCUT2D eigenvalue weighted by atomic mass is 32.1. The maximum absolute atomic E-state index is 4.93. The van der Waals surface area contributed by atoms with Crippen LogP contribution < -0.4 is 5.19 Å². The molecule has 2 heterocycles. The first-order valence-electron chi connectivity index (χ1n) is 10.4. The Hall–Kier alpha value is -2.75. The van der Waals surface area contributed by atoms with Gasteiger partial charge in [-0.05, 0) is 47.5 Å². The summed E-state index contributed by atoms with van der Waals surface area (Å²) in [6, 6.07) is 26.6. The summed E-state index contributed by atoms with van der Waals surface area (Å²) >= 11 is 1.86. The number of aryl methyl sites for hydroxylation is 1. The molecule has 0 amide bonds. The van der Waals surface area contributed by atoms with Crippen molar-refractivity contribution in [2.75, 3.05) is 0 Å². The van der Waals surface area contributed by atoms with Crippen molar-refractivity contribution in [1.29, 1.82) is 0 Å². The van der Waals surface area contributed by atoms with Gasteiger partial charge in [0.2, 0.25) is 0 Å². The Bertz CT molecular complexity index is 1370. The lowest BCUT2D eigenvalue weighted by Crippen LogP contribution is -2.39. The van der Waals surface area contributed by atoms with Gasteiger partial charge in [-0.2, -0.15) is 0 Å². The molecule has 0 N–H and O–H groups in total. The quantitative estimate of drug-likeness (QED) is 0.272. The van der Waals surface area contributed by atoms with Crippen molar-refractivity contribution in [1.82, 2.24) is 4.98 Å². The van der Waals surface area contributed by atoms with Gasteiger partial charge in [0, 0.05) is 31.9 Å². The first kappa shape index (κ1) is 19.2. The molecule has 3 heteroatoms. The summed E-state index contributed by atoms with van der Waals surface area (Å²) in [6.45, 7) is 9.32. The smallest absolute Gasteiger partial charge is 0.0804 e. The minimum absolute atomic E-state index is 1.05. The molecule has 0 aliphatic heterocycles. The van der Waals surface area contributed by atoms with Crippen LogP contribution in [0.5, 0.6) is 0 Å². The van der Waals surface area contributed by atoms with Crippen LogP contribution in [0.25, 0.3) is 42.6 Å². The standard InChI is InChI=1S/C27H25NSSi/c1-18-9-11-19(12-10-18)22-16-24(28-17-27(22)30(2,3)4)20-13-14-26-23(15-20)21-7-5-6-8-25(21)29-26/h5-17H,1-4H3. The van der Waals surface area contributed by atoms with Crippen molar-refractivity contribution in [2.45, 2.75) is 26.6 Å². The van der Waals surface area contributed by atoms with Crippen LogP contribution in [-0.2, 0) is 0 Å². The minimum Gasteiger partial charge on any atom is -0.256 e. The highest BCUT2D eigenvalue weighted by molar-refractivity contribution is 7.25. The van der Waals surface area contributed by atoms with E-state index in [9.17, 15) is 0 Å². The Morgan fingerprint density at radius 1 is 0.733 bits per heavy atom. The number of hydrogen-bond donors (Lipinski definition) is 0. The van der Waals surface area contributed by atoms with Crippen molar-refractivity contribution < 1.29 is 0 Å². The van der Waals surface area contributed by atoms with E-state index in [1.54, 1.807) is 0 Å². The predicted octanol–water partition coefficient (Wildman–Crippen LogP) is 7.64. The summed E-state index contributed by atoms with van der Waals surface area (Å²) in [5.41, 5.74) is 6.13. The monoisotopic (exact) mass is 423 g/mol. The Labute approximate surface area is 183 Å². The molecule has 0 radical (unpaired) electrons. The molecule has 0 spiro atoms. The van der Waals surface area contributed by atoms with E-state index in [1.165, 1.54) is 47.6 Å². The second-order valence-electron chi connectivity index (χ2n) is 9.04. The lowest BCUT2D eigenvalue weighted by Gasteiger charge is -2.21. The summed E-state index contributed by atoms with van der Waals surface area (Å²) in [4.78, 5) is 4.93. The number of rotatable bonds is 3. The number of thiophene rings is 1. The normalized spacial score (nSPS) is 12.0. The SMILES string of the molecule is Cc1ccc(-c2cc(-c3ccc4sc5ccccc5c4c3)ncc2[Si](C)(C)C)cc1. The molecule has 0 aliphatic carbocycles. The van der Waals surface area contributed by atoms with Crippen LogP contribution in [0.3, 0.4) is 0 Å². The van der Waals surface area contributed by atoms with Gasteiger partial charge in [-0.15, -0.1) is 11.3 Å². The van der Waals surface area contributed by atoms with Crippen LogP contribution in [0.15, 0.2) is 79.0 Å². The molecule has 0 fully saturated rings. The average molecular weight is 424 g/mol. The highest BCUT2D eigenvalue weighted by Gasteiger charge is 2.22. The fourth-order valence-electron chi connectivity index (χ4n) is 4.07. The molecule has 148 valence electrons. The zero-order valence-corrected chi connectivity index (χ0v) is 19.7. The van der Waals surface area contributed by atoms with Gasteiger partial charge in [-0.1, -0.05) is 73.7 Å². The zero-order valence-electron chi connectivity index (χ0n) is 17.9. The Kier molecular flexibility index (Phi) is 4.61. The van der Waals surface area contributed by atoms with Gasteiger partial charge in [-0.3, -0.25) is 4.98 Å². The first-order chi connectivity index (χ1) is 14.4. The first-order valence-corrected chi connectivity index (χ1v) is 14.7. The van der Waals surface area contributed by atoms with Crippen molar-refractivity contribution in [3.05, 3.63) is 84.6 Å². The molecule has 1 nitrogen and oxygen atoms in total. The van der Waals surface area contributed by atoms with E-state index in [2.05, 4.69) is 106 Å². The van der Waals surface area contributed by atoms with Crippen molar-refractivity contribution in [3.8, 4) is 22.4 Å². The van der Waals surface area contributed by atoms with E-state index in [-0.39, 0.29) is 0 Å². The van der Waals surface area contributed by atoms with E-state index in [0.717, 1.165) is 5.69 Å². The third-order valence-corrected chi connectivity index (χ3v) is 8.91. The van der Waals surface area contributed by atoms with Gasteiger partial charge < -0.3 is 0 Å². The van der Waals surface area contributed by atoms with Crippen molar-refractivity contribution in [3.63, 3.8) is 0 Å². The van der Waals surface area contributed by atoms with Gasteiger partial charge in [0.1, 0.15) is 0 Å². The second kappa shape index (κ2) is 7.19. The number of fused-ring (bicyclic) bond motifs is 3. The van der Waals surface area contributed by atoms with Crippen molar-refractivity contribution in [2.24, 2.45) is 0 Å². The highest BCUT2D eigenvalue weighted by Crippen LogP contribution is 2.36. The van der Waals surface area contributed by atoms with Gasteiger partial charge in [-0.25, -0.2) is 0 Å². The third-order valence-electron chi connectivity index (χ3n) is 5.75. The number of pyridine rings is 1. The molecule has 30 heavy (non-hydrogen) atoms. The van der Waals surface area contributed by atoms with E-state index in [1.807, 2.05) is 11.3 Å². The lowest BCUT2D eigenvalue weighted by atomic mass is 10.0. The van der Waals surface area contributed by atoms with E-state index in [4.69, 9.17) is 4.98 Å². The van der Waals surface area contributed by atoms with Gasteiger partial charge in [0.15, 0.2) is 0 Å². The van der Waals surface area contributed by atoms with Crippen LogP contribution in [0.1, 0.15) is 5.56 Å². The summed E-state index contributed by atoms with van der Waals surface area (Å²) in [5, 5.41) is 4.06. The topological polar surface area (TPSA) is 12.9 Å². The van der Waals surface area contributed by atoms with Crippen LogP contribution >= 0.6 is 11.3 Å². The second-order valence-corrected chi connectivity index (χ2v) is 15.2. The van der Waals surface area contributed by atoms with E-state index >= 15 is 0 Å². The van der Waals surface area contributed by atoms with E-state index < -0.39 is 8.07 Å². The van der Waals surface area contributed by atoms with Gasteiger partial charge in [0.25, 0.3) is 0 Å². The molecule has 0 saturated carbocycles. The van der Waals surface area contributed by atoms with Crippen LogP contribution in [0.2, 0.25) is 19.6 Å². The van der Waals surface area contributed by atoms with Gasteiger partial charge >= 0.3 is 0 Å². The maximum Gasteiger partial charge on any atom is 0.0804 e. The zero-order chi connectivity index (χ0) is 20.9. The molecular formula is C27H25NSSi. The summed E-state index contributed by atoms with van der Waals surface area (Å²) in [6.07, 6.45) is 2.13. The molecule has 3 aromatic carbocycles. The fraction of sp³-hybridized carbons (Fsp3) is 0.148. The third kappa shape index (κ3) is 3.38.